The predicted molar refractivity (Wildman–Crippen MR) is 66.8 cm³/mol. The summed E-state index contributed by atoms with van der Waals surface area (Å²) in [5.74, 6) is 0.757. The van der Waals surface area contributed by atoms with E-state index in [1.54, 1.807) is 0 Å². The van der Waals surface area contributed by atoms with E-state index in [0.29, 0.717) is 6.04 Å². The van der Waals surface area contributed by atoms with Crippen LogP contribution in [0.3, 0.4) is 0 Å². The first-order chi connectivity index (χ1) is 7.63. The standard InChI is InChI=1S/C13H23N3/c1-5-13-10(3)15-16(11(13)4)12-6-9(2)7-14-8-12/h9,12,14H,5-8H2,1-4H3. The number of hydrogen-bond donors (Lipinski definition) is 1. The van der Waals surface area contributed by atoms with E-state index in [2.05, 4.69) is 37.7 Å². The third-order valence-electron chi connectivity index (χ3n) is 3.72. The second-order valence-electron chi connectivity index (χ2n) is 5.10. The molecule has 2 unspecified atom stereocenters. The summed E-state index contributed by atoms with van der Waals surface area (Å²) in [6.45, 7) is 11.1. The molecule has 0 aliphatic carbocycles. The van der Waals surface area contributed by atoms with Gasteiger partial charge in [-0.2, -0.15) is 5.10 Å². The van der Waals surface area contributed by atoms with E-state index in [4.69, 9.17) is 5.10 Å². The Morgan fingerprint density at radius 3 is 2.69 bits per heavy atom. The highest BCUT2D eigenvalue weighted by molar-refractivity contribution is 5.24. The molecular formula is C13H23N3. The normalized spacial score (nSPS) is 26.0. The van der Waals surface area contributed by atoms with Gasteiger partial charge in [-0.1, -0.05) is 13.8 Å². The van der Waals surface area contributed by atoms with Gasteiger partial charge in [0.15, 0.2) is 0 Å². The SMILES string of the molecule is CCc1c(C)nn(C2CNCC(C)C2)c1C. The van der Waals surface area contributed by atoms with Crippen LogP contribution in [0.25, 0.3) is 0 Å². The topological polar surface area (TPSA) is 29.9 Å². The molecule has 0 spiro atoms. The van der Waals surface area contributed by atoms with E-state index in [1.165, 1.54) is 23.4 Å². The third-order valence-corrected chi connectivity index (χ3v) is 3.72. The molecule has 0 saturated carbocycles. The molecule has 1 aliphatic heterocycles. The maximum Gasteiger partial charge on any atom is 0.0649 e. The number of aryl methyl sites for hydroxylation is 1. The van der Waals surface area contributed by atoms with Crippen molar-refractivity contribution in [2.24, 2.45) is 5.92 Å². The first-order valence-corrected chi connectivity index (χ1v) is 6.38. The summed E-state index contributed by atoms with van der Waals surface area (Å²) < 4.78 is 2.25. The van der Waals surface area contributed by atoms with Crippen molar-refractivity contribution in [2.45, 2.75) is 46.6 Å². The monoisotopic (exact) mass is 221 g/mol. The third kappa shape index (κ3) is 2.01. The van der Waals surface area contributed by atoms with Crippen molar-refractivity contribution in [2.75, 3.05) is 13.1 Å². The van der Waals surface area contributed by atoms with Crippen LogP contribution in [0, 0.1) is 19.8 Å². The number of rotatable bonds is 2. The molecule has 1 N–H and O–H groups in total. The van der Waals surface area contributed by atoms with Gasteiger partial charge in [-0.3, -0.25) is 4.68 Å². The average Bonchev–Trinajstić information content (AvgIpc) is 2.54. The summed E-state index contributed by atoms with van der Waals surface area (Å²) in [7, 11) is 0. The Hall–Kier alpha value is -0.830. The Bertz CT molecular complexity index is 367. The van der Waals surface area contributed by atoms with Gasteiger partial charge in [-0.05, 0) is 44.7 Å². The molecule has 2 atom stereocenters. The molecule has 0 bridgehead atoms. The minimum atomic E-state index is 0.544. The number of aromatic nitrogens is 2. The van der Waals surface area contributed by atoms with E-state index >= 15 is 0 Å². The van der Waals surface area contributed by atoms with Crippen molar-refractivity contribution < 1.29 is 0 Å². The molecule has 1 aromatic heterocycles. The molecular weight excluding hydrogens is 198 g/mol. The summed E-state index contributed by atoms with van der Waals surface area (Å²) in [6.07, 6.45) is 2.34. The minimum absolute atomic E-state index is 0.544. The molecule has 2 rings (SSSR count). The van der Waals surface area contributed by atoms with E-state index < -0.39 is 0 Å². The lowest BCUT2D eigenvalue weighted by Crippen LogP contribution is -2.37. The highest BCUT2D eigenvalue weighted by atomic mass is 15.3. The predicted octanol–water partition coefficient (Wildman–Crippen LogP) is 2.23. The molecule has 1 fully saturated rings. The van der Waals surface area contributed by atoms with Crippen LogP contribution in [0.5, 0.6) is 0 Å². The summed E-state index contributed by atoms with van der Waals surface area (Å²) in [5, 5.41) is 8.21. The Morgan fingerprint density at radius 1 is 1.38 bits per heavy atom. The molecule has 3 nitrogen and oxygen atoms in total. The van der Waals surface area contributed by atoms with Crippen molar-refractivity contribution >= 4 is 0 Å². The molecule has 90 valence electrons. The lowest BCUT2D eigenvalue weighted by atomic mass is 9.97. The molecule has 3 heteroatoms. The highest BCUT2D eigenvalue weighted by Crippen LogP contribution is 2.24. The number of nitrogens with zero attached hydrogens (tertiary/aromatic N) is 2. The molecule has 1 saturated heterocycles. The van der Waals surface area contributed by atoms with Crippen LogP contribution >= 0.6 is 0 Å². The first kappa shape index (κ1) is 11.6. The molecule has 2 heterocycles. The Kier molecular flexibility index (Phi) is 3.33. The average molecular weight is 221 g/mol. The molecule has 1 aliphatic rings. The van der Waals surface area contributed by atoms with Crippen molar-refractivity contribution in [1.82, 2.24) is 15.1 Å². The second kappa shape index (κ2) is 4.58. The van der Waals surface area contributed by atoms with Crippen LogP contribution in [-0.4, -0.2) is 22.9 Å². The number of nitrogens with one attached hydrogen (secondary N) is 1. The fraction of sp³-hybridized carbons (Fsp3) is 0.769. The van der Waals surface area contributed by atoms with Gasteiger partial charge in [0.1, 0.15) is 0 Å². The lowest BCUT2D eigenvalue weighted by molar-refractivity contribution is 0.281. The Morgan fingerprint density at radius 2 is 2.12 bits per heavy atom. The quantitative estimate of drug-likeness (QED) is 0.830. The van der Waals surface area contributed by atoms with Gasteiger partial charge < -0.3 is 5.32 Å². The van der Waals surface area contributed by atoms with Crippen molar-refractivity contribution in [3.05, 3.63) is 17.0 Å². The van der Waals surface area contributed by atoms with Gasteiger partial charge in [0.2, 0.25) is 0 Å². The molecule has 1 aromatic rings. The largest absolute Gasteiger partial charge is 0.314 e. The van der Waals surface area contributed by atoms with Crippen LogP contribution < -0.4 is 5.32 Å². The van der Waals surface area contributed by atoms with Crippen LogP contribution in [0.1, 0.15) is 43.3 Å². The van der Waals surface area contributed by atoms with Crippen LogP contribution in [0.4, 0.5) is 0 Å². The molecule has 16 heavy (non-hydrogen) atoms. The molecule has 0 amide bonds. The fourth-order valence-electron chi connectivity index (χ4n) is 2.88. The van der Waals surface area contributed by atoms with Crippen molar-refractivity contribution in [3.63, 3.8) is 0 Å². The lowest BCUT2D eigenvalue weighted by Gasteiger charge is -2.28. The molecule has 0 aromatic carbocycles. The van der Waals surface area contributed by atoms with Crippen LogP contribution in [-0.2, 0) is 6.42 Å². The zero-order valence-electron chi connectivity index (χ0n) is 10.9. The fourth-order valence-corrected chi connectivity index (χ4v) is 2.88. The zero-order valence-corrected chi connectivity index (χ0v) is 10.9. The van der Waals surface area contributed by atoms with E-state index in [1.807, 2.05) is 0 Å². The van der Waals surface area contributed by atoms with Crippen LogP contribution in [0.2, 0.25) is 0 Å². The minimum Gasteiger partial charge on any atom is -0.314 e. The van der Waals surface area contributed by atoms with E-state index in [-0.39, 0.29) is 0 Å². The van der Waals surface area contributed by atoms with E-state index in [0.717, 1.165) is 25.4 Å². The van der Waals surface area contributed by atoms with Gasteiger partial charge >= 0.3 is 0 Å². The number of piperidine rings is 1. The second-order valence-corrected chi connectivity index (χ2v) is 5.10. The van der Waals surface area contributed by atoms with Gasteiger partial charge in [0, 0.05) is 12.2 Å². The number of hydrogen-bond acceptors (Lipinski definition) is 2. The maximum absolute atomic E-state index is 4.72. The van der Waals surface area contributed by atoms with Gasteiger partial charge in [-0.15, -0.1) is 0 Å². The smallest absolute Gasteiger partial charge is 0.0649 e. The van der Waals surface area contributed by atoms with E-state index in [9.17, 15) is 0 Å². The van der Waals surface area contributed by atoms with Crippen LogP contribution in [0.15, 0.2) is 0 Å². The highest BCUT2D eigenvalue weighted by Gasteiger charge is 2.23. The Balaban J connectivity index is 2.26. The summed E-state index contributed by atoms with van der Waals surface area (Å²) >= 11 is 0. The van der Waals surface area contributed by atoms with Gasteiger partial charge in [0.25, 0.3) is 0 Å². The van der Waals surface area contributed by atoms with Crippen molar-refractivity contribution in [3.8, 4) is 0 Å². The molecule has 0 radical (unpaired) electrons. The zero-order chi connectivity index (χ0) is 11.7. The van der Waals surface area contributed by atoms with Crippen molar-refractivity contribution in [1.29, 1.82) is 0 Å². The van der Waals surface area contributed by atoms with Gasteiger partial charge in [0.05, 0.1) is 11.7 Å². The summed E-state index contributed by atoms with van der Waals surface area (Å²) in [4.78, 5) is 0. The maximum atomic E-state index is 4.72. The van der Waals surface area contributed by atoms with Gasteiger partial charge in [-0.25, -0.2) is 0 Å². The summed E-state index contributed by atoms with van der Waals surface area (Å²) in [6, 6.07) is 0.544. The first-order valence-electron chi connectivity index (χ1n) is 6.38. The Labute approximate surface area is 98.2 Å². The summed E-state index contributed by atoms with van der Waals surface area (Å²) in [5.41, 5.74) is 4.00.